The number of ketones is 1. The molecule has 1 N–H and O–H groups in total. The Kier molecular flexibility index (Phi) is 3.65. The maximum Gasteiger partial charge on any atom is 0.343 e. The Hall–Kier alpha value is -2.50. The number of esters is 1. The highest BCUT2D eigenvalue weighted by atomic mass is 19.1. The van der Waals surface area contributed by atoms with Gasteiger partial charge in [-0.05, 0) is 26.0 Å². The minimum atomic E-state index is -0.811. The van der Waals surface area contributed by atoms with Gasteiger partial charge in [-0.25, -0.2) is 9.18 Å². The summed E-state index contributed by atoms with van der Waals surface area (Å²) < 4.78 is 18.5. The third-order valence-electron chi connectivity index (χ3n) is 2.85. The van der Waals surface area contributed by atoms with Crippen molar-refractivity contribution >= 4 is 22.7 Å². The van der Waals surface area contributed by atoms with Gasteiger partial charge in [-0.1, -0.05) is 0 Å². The van der Waals surface area contributed by atoms with Gasteiger partial charge in [0.15, 0.2) is 5.78 Å². The van der Waals surface area contributed by atoms with Crippen molar-refractivity contribution in [2.24, 2.45) is 0 Å². The van der Waals surface area contributed by atoms with Gasteiger partial charge in [0.25, 0.3) is 0 Å². The number of nitrogens with one attached hydrogen (secondary N) is 1. The molecule has 0 saturated carbocycles. The lowest BCUT2D eigenvalue weighted by atomic mass is 10.0. The van der Waals surface area contributed by atoms with E-state index >= 15 is 0 Å². The quantitative estimate of drug-likeness (QED) is 0.688. The summed E-state index contributed by atoms with van der Waals surface area (Å²) in [5.41, 5.74) is -1.01. The Labute approximate surface area is 113 Å². The number of pyridine rings is 1. The van der Waals surface area contributed by atoms with Crippen LogP contribution in [0.1, 0.15) is 34.6 Å². The van der Waals surface area contributed by atoms with Gasteiger partial charge in [-0.15, -0.1) is 0 Å². The Balaban J connectivity index is 2.84. The van der Waals surface area contributed by atoms with Crippen LogP contribution in [-0.2, 0) is 4.74 Å². The molecule has 0 saturated heterocycles. The van der Waals surface area contributed by atoms with Crippen molar-refractivity contribution in [3.63, 3.8) is 0 Å². The second kappa shape index (κ2) is 5.24. The van der Waals surface area contributed by atoms with Crippen molar-refractivity contribution in [2.75, 3.05) is 6.61 Å². The molecule has 0 amide bonds. The smallest absolute Gasteiger partial charge is 0.343 e. The maximum absolute atomic E-state index is 13.7. The highest BCUT2D eigenvalue weighted by Crippen LogP contribution is 2.18. The van der Waals surface area contributed by atoms with E-state index in [4.69, 9.17) is 4.74 Å². The molecule has 0 unspecified atom stereocenters. The molecule has 0 radical (unpaired) electrons. The molecule has 0 fully saturated rings. The molecular weight excluding hydrogens is 265 g/mol. The van der Waals surface area contributed by atoms with Crippen LogP contribution in [0.25, 0.3) is 10.9 Å². The average molecular weight is 277 g/mol. The van der Waals surface area contributed by atoms with Crippen LogP contribution in [-0.4, -0.2) is 23.3 Å². The highest BCUT2D eigenvalue weighted by molar-refractivity contribution is 6.07. The normalized spacial score (nSPS) is 10.6. The predicted octanol–water partition coefficient (Wildman–Crippen LogP) is 2.05. The molecule has 2 aromatic rings. The summed E-state index contributed by atoms with van der Waals surface area (Å²) in [6.07, 6.45) is 1.20. The van der Waals surface area contributed by atoms with E-state index in [-0.39, 0.29) is 28.6 Å². The molecule has 0 aliphatic rings. The van der Waals surface area contributed by atoms with Crippen molar-refractivity contribution in [1.29, 1.82) is 0 Å². The zero-order chi connectivity index (χ0) is 14.9. The molecule has 0 atom stereocenters. The van der Waals surface area contributed by atoms with Crippen LogP contribution in [0.2, 0.25) is 0 Å². The van der Waals surface area contributed by atoms with E-state index in [1.807, 2.05) is 0 Å². The first kappa shape index (κ1) is 13.9. The third-order valence-corrected chi connectivity index (χ3v) is 2.85. The van der Waals surface area contributed by atoms with Crippen LogP contribution in [0.3, 0.4) is 0 Å². The number of carbonyl (C=O) groups excluding carboxylic acids is 2. The predicted molar refractivity (Wildman–Crippen MR) is 70.5 cm³/mol. The molecule has 5 nitrogen and oxygen atoms in total. The number of H-pyrrole nitrogens is 1. The average Bonchev–Trinajstić information content (AvgIpc) is 2.39. The number of rotatable bonds is 3. The zero-order valence-corrected chi connectivity index (χ0v) is 11.0. The Morgan fingerprint density at radius 3 is 2.65 bits per heavy atom. The fourth-order valence-electron chi connectivity index (χ4n) is 1.99. The van der Waals surface area contributed by atoms with Crippen LogP contribution in [0, 0.1) is 5.82 Å². The van der Waals surface area contributed by atoms with Gasteiger partial charge in [0.1, 0.15) is 11.4 Å². The number of Topliss-reactive ketones (excluding diaryl/α,β-unsaturated/α-hetero) is 1. The van der Waals surface area contributed by atoms with Gasteiger partial charge in [0.2, 0.25) is 5.43 Å². The second-order valence-electron chi connectivity index (χ2n) is 4.15. The number of hydrogen-bond donors (Lipinski definition) is 1. The van der Waals surface area contributed by atoms with E-state index in [1.54, 1.807) is 6.92 Å². The van der Waals surface area contributed by atoms with Crippen molar-refractivity contribution in [3.8, 4) is 0 Å². The number of aromatic nitrogens is 1. The largest absolute Gasteiger partial charge is 0.462 e. The van der Waals surface area contributed by atoms with Crippen molar-refractivity contribution in [1.82, 2.24) is 4.98 Å². The SMILES string of the molecule is CCOC(=O)c1c[nH]c2ccc(F)c(C(C)=O)c2c1=O. The third kappa shape index (κ3) is 2.20. The molecule has 1 aromatic carbocycles. The summed E-state index contributed by atoms with van der Waals surface area (Å²) in [7, 11) is 0. The summed E-state index contributed by atoms with van der Waals surface area (Å²) in [4.78, 5) is 38.2. The number of ether oxygens (including phenoxy) is 1. The number of benzene rings is 1. The maximum atomic E-state index is 13.7. The summed E-state index contributed by atoms with van der Waals surface area (Å²) in [5, 5.41) is -0.136. The molecule has 2 rings (SSSR count). The van der Waals surface area contributed by atoms with Crippen molar-refractivity contribution in [3.05, 3.63) is 45.5 Å². The molecule has 104 valence electrons. The Morgan fingerprint density at radius 1 is 1.35 bits per heavy atom. The first-order chi connectivity index (χ1) is 9.47. The summed E-state index contributed by atoms with van der Waals surface area (Å²) in [6.45, 7) is 2.88. The highest BCUT2D eigenvalue weighted by Gasteiger charge is 2.20. The van der Waals surface area contributed by atoms with Gasteiger partial charge < -0.3 is 9.72 Å². The molecule has 20 heavy (non-hydrogen) atoms. The molecule has 0 bridgehead atoms. The van der Waals surface area contributed by atoms with Crippen LogP contribution >= 0.6 is 0 Å². The Bertz CT molecular complexity index is 764. The van der Waals surface area contributed by atoms with Crippen LogP contribution in [0.4, 0.5) is 4.39 Å². The number of hydrogen-bond acceptors (Lipinski definition) is 4. The van der Waals surface area contributed by atoms with Gasteiger partial charge in [0, 0.05) is 6.20 Å². The van der Waals surface area contributed by atoms with E-state index in [9.17, 15) is 18.8 Å². The molecular formula is C14H12FNO4. The molecule has 0 aliphatic heterocycles. The first-order valence-electron chi connectivity index (χ1n) is 5.99. The van der Waals surface area contributed by atoms with Crippen LogP contribution < -0.4 is 5.43 Å². The monoisotopic (exact) mass is 277 g/mol. The molecule has 0 aliphatic carbocycles. The van der Waals surface area contributed by atoms with E-state index < -0.39 is 23.0 Å². The number of carbonyl (C=O) groups is 2. The fraction of sp³-hybridized carbons (Fsp3) is 0.214. The van der Waals surface area contributed by atoms with E-state index in [1.165, 1.54) is 12.3 Å². The number of halogens is 1. The molecule has 1 heterocycles. The van der Waals surface area contributed by atoms with Crippen molar-refractivity contribution in [2.45, 2.75) is 13.8 Å². The van der Waals surface area contributed by atoms with Crippen LogP contribution in [0.5, 0.6) is 0 Å². The minimum Gasteiger partial charge on any atom is -0.462 e. The van der Waals surface area contributed by atoms with Gasteiger partial charge >= 0.3 is 5.97 Å². The lowest BCUT2D eigenvalue weighted by Gasteiger charge is -2.07. The number of fused-ring (bicyclic) bond motifs is 1. The van der Waals surface area contributed by atoms with Gasteiger partial charge in [-0.3, -0.25) is 9.59 Å². The van der Waals surface area contributed by atoms with Crippen molar-refractivity contribution < 1.29 is 18.7 Å². The Morgan fingerprint density at radius 2 is 2.05 bits per heavy atom. The number of aromatic amines is 1. The van der Waals surface area contributed by atoms with E-state index in [2.05, 4.69) is 4.98 Å². The molecule has 1 aromatic heterocycles. The summed E-state index contributed by atoms with van der Waals surface area (Å²) >= 11 is 0. The minimum absolute atomic E-state index is 0.110. The molecule has 0 spiro atoms. The summed E-state index contributed by atoms with van der Waals surface area (Å²) in [5.74, 6) is -2.19. The van der Waals surface area contributed by atoms with Gasteiger partial charge in [0.05, 0.1) is 23.1 Å². The van der Waals surface area contributed by atoms with E-state index in [0.717, 1.165) is 13.0 Å². The fourth-order valence-corrected chi connectivity index (χ4v) is 1.99. The van der Waals surface area contributed by atoms with Gasteiger partial charge in [-0.2, -0.15) is 0 Å². The van der Waals surface area contributed by atoms with E-state index in [0.29, 0.717) is 0 Å². The second-order valence-corrected chi connectivity index (χ2v) is 4.15. The molecule has 6 heteroatoms. The summed E-state index contributed by atoms with van der Waals surface area (Å²) in [6, 6.07) is 2.44. The topological polar surface area (TPSA) is 76.2 Å². The first-order valence-corrected chi connectivity index (χ1v) is 5.99. The van der Waals surface area contributed by atoms with Crippen LogP contribution in [0.15, 0.2) is 23.1 Å². The standard InChI is InChI=1S/C14H12FNO4/c1-3-20-14(19)8-6-16-10-5-4-9(15)11(7(2)17)12(10)13(8)18/h4-6H,3H2,1-2H3,(H,16,18). The lowest BCUT2D eigenvalue weighted by molar-refractivity contribution is 0.0524. The lowest BCUT2D eigenvalue weighted by Crippen LogP contribution is -2.20. The zero-order valence-electron chi connectivity index (χ0n) is 11.0.